The second-order valence-corrected chi connectivity index (χ2v) is 13.5. The van der Waals surface area contributed by atoms with E-state index in [0.29, 0.717) is 30.0 Å². The summed E-state index contributed by atoms with van der Waals surface area (Å²) >= 11 is 1.02. The third-order valence-corrected chi connectivity index (χ3v) is 9.87. The number of hydrogen-bond donors (Lipinski definition) is 1. The van der Waals surface area contributed by atoms with Crippen LogP contribution in [0, 0.1) is 0 Å². The van der Waals surface area contributed by atoms with Gasteiger partial charge in [-0.25, -0.2) is 0 Å². The molecule has 7 nitrogen and oxygen atoms in total. The van der Waals surface area contributed by atoms with E-state index in [0.717, 1.165) is 44.8 Å². The molecule has 3 amide bonds. The average Bonchev–Trinajstić information content (AvgIpc) is 3.22. The maximum atomic E-state index is 14.3. The third kappa shape index (κ3) is 9.36. The van der Waals surface area contributed by atoms with Gasteiger partial charge in [-0.2, -0.15) is 4.99 Å². The number of rotatable bonds is 14. The molecule has 1 aliphatic heterocycles. The molecule has 0 aliphatic carbocycles. The molecular weight excluding hydrogens is 703 g/mol. The molecule has 8 heteroatoms. The monoisotopic (exact) mass is 743 g/mol. The molecule has 0 radical (unpaired) electrons. The zero-order valence-corrected chi connectivity index (χ0v) is 31.4. The molecule has 5 aromatic rings. The van der Waals surface area contributed by atoms with Gasteiger partial charge in [0.25, 0.3) is 11.8 Å². The normalized spacial score (nSPS) is 14.1. The van der Waals surface area contributed by atoms with E-state index in [-0.39, 0.29) is 28.4 Å². The standard InChI is InChI=1S/C47H41N3O4S/c1-4-7-25-39(6-3)50-46(53)41(30-33-27-28-42(37(29-33)17-5-2)54-31-38-24-16-23-34-18-14-15-26-40(34)38)45(52)49-47(50)55-32-43(51)48-44(35-19-10-8-11-20-35)36-21-12-9-13-22-36/h4-16,18-30,44H,1-2,17,31-32H2,3H3,(H,48,51)/b25-7-,39-6+,41-30+. The molecule has 0 atom stereocenters. The molecule has 5 aromatic carbocycles. The fraction of sp³-hybridized carbons (Fsp3) is 0.106. The van der Waals surface area contributed by atoms with Gasteiger partial charge >= 0.3 is 0 Å². The summed E-state index contributed by atoms with van der Waals surface area (Å²) in [5.74, 6) is -0.940. The summed E-state index contributed by atoms with van der Waals surface area (Å²) in [5, 5.41) is 5.49. The molecule has 1 N–H and O–H groups in total. The van der Waals surface area contributed by atoms with E-state index in [1.54, 1.807) is 43.4 Å². The highest BCUT2D eigenvalue weighted by Crippen LogP contribution is 2.30. The molecule has 0 bridgehead atoms. The molecular formula is C47H41N3O4S. The molecule has 1 aliphatic rings. The van der Waals surface area contributed by atoms with E-state index < -0.39 is 11.8 Å². The largest absolute Gasteiger partial charge is 0.489 e. The molecule has 0 saturated heterocycles. The van der Waals surface area contributed by atoms with Crippen molar-refractivity contribution in [1.82, 2.24) is 10.2 Å². The van der Waals surface area contributed by atoms with Crippen molar-refractivity contribution in [3.63, 3.8) is 0 Å². The molecule has 0 fully saturated rings. The SMILES string of the molecule is C=C/C=C\C(=C/C)N1C(=O)/C(=C/c2ccc(OCc3cccc4ccccc34)c(CC=C)c2)C(=O)N=C1SCC(=O)NC(c1ccccc1)c1ccccc1. The minimum absolute atomic E-state index is 0.0849. The Bertz CT molecular complexity index is 2300. The summed E-state index contributed by atoms with van der Waals surface area (Å²) in [4.78, 5) is 47.1. The summed E-state index contributed by atoms with van der Waals surface area (Å²) in [5.41, 5.74) is 4.77. The number of benzene rings is 5. The Balaban J connectivity index is 1.25. The van der Waals surface area contributed by atoms with Crippen LogP contribution in [0.5, 0.6) is 5.75 Å². The number of nitrogens with zero attached hydrogens (tertiary/aromatic N) is 2. The van der Waals surface area contributed by atoms with E-state index in [1.165, 1.54) is 4.90 Å². The minimum atomic E-state index is -0.694. The highest BCUT2D eigenvalue weighted by Gasteiger charge is 2.35. The van der Waals surface area contributed by atoms with Crippen molar-refractivity contribution in [2.75, 3.05) is 5.75 Å². The number of amides is 3. The molecule has 0 unspecified atom stereocenters. The van der Waals surface area contributed by atoms with E-state index in [1.807, 2.05) is 97.1 Å². The van der Waals surface area contributed by atoms with Crippen molar-refractivity contribution in [2.24, 2.45) is 4.99 Å². The number of allylic oxidation sites excluding steroid dienone is 5. The first kappa shape index (κ1) is 38.2. The number of ether oxygens (including phenoxy) is 1. The van der Waals surface area contributed by atoms with Gasteiger partial charge in [0, 0.05) is 5.70 Å². The summed E-state index contributed by atoms with van der Waals surface area (Å²) in [6, 6.07) is 38.9. The summed E-state index contributed by atoms with van der Waals surface area (Å²) < 4.78 is 6.32. The number of amidine groups is 1. The van der Waals surface area contributed by atoms with Gasteiger partial charge in [-0.3, -0.25) is 19.3 Å². The first-order chi connectivity index (χ1) is 26.9. The fourth-order valence-electron chi connectivity index (χ4n) is 6.28. The van der Waals surface area contributed by atoms with Crippen LogP contribution < -0.4 is 10.1 Å². The highest BCUT2D eigenvalue weighted by atomic mass is 32.2. The van der Waals surface area contributed by atoms with Crippen LogP contribution in [0.25, 0.3) is 16.8 Å². The van der Waals surface area contributed by atoms with E-state index in [4.69, 9.17) is 4.74 Å². The number of carbonyl (C=O) groups excluding carboxylic acids is 3. The Morgan fingerprint density at radius 2 is 1.56 bits per heavy atom. The maximum absolute atomic E-state index is 14.3. The summed E-state index contributed by atoms with van der Waals surface area (Å²) in [7, 11) is 0. The Hall–Kier alpha value is -6.51. The topological polar surface area (TPSA) is 88.1 Å². The lowest BCUT2D eigenvalue weighted by atomic mass is 9.99. The van der Waals surface area contributed by atoms with Crippen molar-refractivity contribution in [2.45, 2.75) is 26.0 Å². The lowest BCUT2D eigenvalue weighted by molar-refractivity contribution is -0.126. The van der Waals surface area contributed by atoms with Crippen LogP contribution in [0.15, 0.2) is 181 Å². The number of fused-ring (bicyclic) bond motifs is 1. The first-order valence-corrected chi connectivity index (χ1v) is 18.9. The summed E-state index contributed by atoms with van der Waals surface area (Å²) in [6.07, 6.45) is 10.6. The van der Waals surface area contributed by atoms with Crippen molar-refractivity contribution in [3.05, 3.63) is 204 Å². The van der Waals surface area contributed by atoms with Gasteiger partial charge in [0.1, 0.15) is 17.9 Å². The van der Waals surface area contributed by atoms with E-state index >= 15 is 0 Å². The Labute approximate surface area is 326 Å². The number of carbonyl (C=O) groups is 3. The molecule has 274 valence electrons. The number of nitrogens with one attached hydrogen (secondary N) is 1. The van der Waals surface area contributed by atoms with E-state index in [2.05, 4.69) is 47.7 Å². The van der Waals surface area contributed by atoms with E-state index in [9.17, 15) is 14.4 Å². The maximum Gasteiger partial charge on any atom is 0.285 e. The fourth-order valence-corrected chi connectivity index (χ4v) is 7.09. The predicted octanol–water partition coefficient (Wildman–Crippen LogP) is 9.54. The van der Waals surface area contributed by atoms with Gasteiger partial charge in [-0.05, 0) is 76.2 Å². The van der Waals surface area contributed by atoms with Crippen LogP contribution in [0.2, 0.25) is 0 Å². The smallest absolute Gasteiger partial charge is 0.285 e. The van der Waals surface area contributed by atoms with Gasteiger partial charge in [-0.15, -0.1) is 6.58 Å². The first-order valence-electron chi connectivity index (χ1n) is 17.9. The van der Waals surface area contributed by atoms with Crippen LogP contribution in [0.4, 0.5) is 0 Å². The zero-order chi connectivity index (χ0) is 38.6. The van der Waals surface area contributed by atoms with Crippen molar-refractivity contribution in [3.8, 4) is 5.75 Å². The summed E-state index contributed by atoms with van der Waals surface area (Å²) in [6.45, 7) is 9.83. The number of aliphatic imine (C=N–C) groups is 1. The van der Waals surface area contributed by atoms with Gasteiger partial charge in [0.2, 0.25) is 5.91 Å². The highest BCUT2D eigenvalue weighted by molar-refractivity contribution is 8.14. The second-order valence-electron chi connectivity index (χ2n) is 12.6. The molecule has 0 saturated carbocycles. The molecule has 1 heterocycles. The lowest BCUT2D eigenvalue weighted by Gasteiger charge is -2.28. The predicted molar refractivity (Wildman–Crippen MR) is 224 cm³/mol. The van der Waals surface area contributed by atoms with Crippen molar-refractivity contribution >= 4 is 51.5 Å². The van der Waals surface area contributed by atoms with Crippen LogP contribution in [0.3, 0.4) is 0 Å². The van der Waals surface area contributed by atoms with Gasteiger partial charge in [0.15, 0.2) is 5.17 Å². The number of thioether (sulfide) groups is 1. The molecule has 6 rings (SSSR count). The zero-order valence-electron chi connectivity index (χ0n) is 30.6. The Morgan fingerprint density at radius 1 is 0.873 bits per heavy atom. The van der Waals surface area contributed by atoms with Crippen LogP contribution in [0.1, 0.15) is 40.8 Å². The second kappa shape index (κ2) is 18.5. The van der Waals surface area contributed by atoms with Gasteiger partial charge < -0.3 is 10.1 Å². The Morgan fingerprint density at radius 3 is 2.25 bits per heavy atom. The van der Waals surface area contributed by atoms with Crippen LogP contribution in [-0.4, -0.2) is 33.5 Å². The third-order valence-electron chi connectivity index (χ3n) is 8.94. The number of hydrogen-bond acceptors (Lipinski definition) is 5. The Kier molecular flexibility index (Phi) is 12.9. The lowest BCUT2D eigenvalue weighted by Crippen LogP contribution is -2.42. The molecule has 0 aromatic heterocycles. The van der Waals surface area contributed by atoms with Crippen LogP contribution in [-0.2, 0) is 27.4 Å². The minimum Gasteiger partial charge on any atom is -0.489 e. The molecule has 0 spiro atoms. The molecule has 55 heavy (non-hydrogen) atoms. The van der Waals surface area contributed by atoms with Crippen molar-refractivity contribution in [1.29, 1.82) is 0 Å². The quantitative estimate of drug-likeness (QED) is 0.0530. The van der Waals surface area contributed by atoms with Gasteiger partial charge in [0.05, 0.1) is 11.8 Å². The van der Waals surface area contributed by atoms with Gasteiger partial charge in [-0.1, -0.05) is 152 Å². The van der Waals surface area contributed by atoms with Crippen LogP contribution >= 0.6 is 11.8 Å². The van der Waals surface area contributed by atoms with Crippen molar-refractivity contribution < 1.29 is 19.1 Å². The average molecular weight is 744 g/mol.